The largest absolute Gasteiger partial charge is 0.362 e. The Kier molecular flexibility index (Phi) is 11.3. The first-order valence-electron chi connectivity index (χ1n) is 15.6. The lowest BCUT2D eigenvalue weighted by atomic mass is 10.0. The maximum Gasteiger partial charge on any atom is 0.323 e. The highest BCUT2D eigenvalue weighted by atomic mass is 32.1. The van der Waals surface area contributed by atoms with E-state index in [1.54, 1.807) is 4.90 Å². The summed E-state index contributed by atoms with van der Waals surface area (Å²) < 4.78 is 0. The average molecular weight is 629 g/mol. The van der Waals surface area contributed by atoms with Gasteiger partial charge in [0, 0.05) is 56.2 Å². The van der Waals surface area contributed by atoms with E-state index in [-0.39, 0.29) is 41.4 Å². The van der Waals surface area contributed by atoms with Gasteiger partial charge in [0.15, 0.2) is 16.6 Å². The van der Waals surface area contributed by atoms with Crippen molar-refractivity contribution in [3.63, 3.8) is 0 Å². The normalized spacial score (nSPS) is 14.7. The molecule has 4 amide bonds. The number of carbonyl (C=O) groups excluding carboxylic acids is 3. The summed E-state index contributed by atoms with van der Waals surface area (Å²) in [7, 11) is 0. The standard InChI is InChI=1S/C33H40N8O3S/c42-28(13-5-2-8-16-36-32(45)39-25-11-3-1-4-12-25)37-26-14-19-41(20-15-26)33(44)40-30-29(34-17-18-35-30)31(43)38-27-21-23-9-6-7-10-24(23)22-27/h1,3-4,6-7,9-12,17-18,26-27H,2,5,8,13-16,19-22H2,(H,37,42)(H,38,43)(H,35,40,44)(H2,36,39,45). The second-order valence-corrected chi connectivity index (χ2v) is 11.8. The molecule has 0 radical (unpaired) electrons. The third kappa shape index (κ3) is 9.45. The van der Waals surface area contributed by atoms with Crippen LogP contribution in [0.15, 0.2) is 67.0 Å². The molecule has 0 bridgehead atoms. The van der Waals surface area contributed by atoms with E-state index in [0.717, 1.165) is 44.3 Å². The number of piperidine rings is 1. The number of nitrogens with one attached hydrogen (secondary N) is 5. The lowest BCUT2D eigenvalue weighted by Gasteiger charge is -2.32. The number of likely N-dealkylation sites (tertiary alicyclic amines) is 1. The van der Waals surface area contributed by atoms with Crippen LogP contribution < -0.4 is 26.6 Å². The number of anilines is 2. The molecule has 0 saturated carbocycles. The van der Waals surface area contributed by atoms with Crippen molar-refractivity contribution in [1.82, 2.24) is 30.8 Å². The lowest BCUT2D eigenvalue weighted by Crippen LogP contribution is -2.48. The second-order valence-electron chi connectivity index (χ2n) is 11.4. The van der Waals surface area contributed by atoms with Crippen molar-refractivity contribution in [2.24, 2.45) is 0 Å². The van der Waals surface area contributed by atoms with E-state index >= 15 is 0 Å². The van der Waals surface area contributed by atoms with Gasteiger partial charge in [-0.2, -0.15) is 0 Å². The number of unbranched alkanes of at least 4 members (excludes halogenated alkanes) is 2. The van der Waals surface area contributed by atoms with Gasteiger partial charge in [-0.05, 0) is 74.0 Å². The van der Waals surface area contributed by atoms with E-state index in [1.165, 1.54) is 23.5 Å². The first-order valence-corrected chi connectivity index (χ1v) is 16.0. The molecular weight excluding hydrogens is 588 g/mol. The van der Waals surface area contributed by atoms with Gasteiger partial charge in [-0.25, -0.2) is 14.8 Å². The van der Waals surface area contributed by atoms with Crippen LogP contribution in [0.4, 0.5) is 16.3 Å². The van der Waals surface area contributed by atoms with E-state index in [4.69, 9.17) is 12.2 Å². The van der Waals surface area contributed by atoms with Crippen molar-refractivity contribution in [2.45, 2.75) is 63.5 Å². The Balaban J connectivity index is 0.966. The molecule has 5 rings (SSSR count). The molecule has 1 aliphatic carbocycles. The van der Waals surface area contributed by atoms with Crippen molar-refractivity contribution in [3.05, 3.63) is 83.8 Å². The lowest BCUT2D eigenvalue weighted by molar-refractivity contribution is -0.122. The zero-order chi connectivity index (χ0) is 31.4. The van der Waals surface area contributed by atoms with Gasteiger partial charge in [0.2, 0.25) is 5.91 Å². The summed E-state index contributed by atoms with van der Waals surface area (Å²) >= 11 is 5.32. The maximum absolute atomic E-state index is 13.1. The van der Waals surface area contributed by atoms with Gasteiger partial charge in [0.25, 0.3) is 5.91 Å². The van der Waals surface area contributed by atoms with Crippen LogP contribution in [0.5, 0.6) is 0 Å². The number of fused-ring (bicyclic) bond motifs is 1. The van der Waals surface area contributed by atoms with Crippen LogP contribution in [0.25, 0.3) is 0 Å². The Hall–Kier alpha value is -4.58. The van der Waals surface area contributed by atoms with Crippen LogP contribution in [0.1, 0.15) is 60.1 Å². The molecule has 0 unspecified atom stereocenters. The number of thiocarbonyl (C=S) groups is 1. The monoisotopic (exact) mass is 628 g/mol. The van der Waals surface area contributed by atoms with E-state index in [1.807, 2.05) is 42.5 Å². The Labute approximate surface area is 269 Å². The number of hydrogen-bond acceptors (Lipinski definition) is 6. The number of para-hydroxylation sites is 1. The predicted molar refractivity (Wildman–Crippen MR) is 178 cm³/mol. The Morgan fingerprint density at radius 2 is 1.49 bits per heavy atom. The summed E-state index contributed by atoms with van der Waals surface area (Å²) in [5, 5.41) is 15.9. The van der Waals surface area contributed by atoms with Gasteiger partial charge in [-0.15, -0.1) is 0 Å². The zero-order valence-corrected chi connectivity index (χ0v) is 26.1. The van der Waals surface area contributed by atoms with E-state index < -0.39 is 0 Å². The first kappa shape index (κ1) is 31.8. The number of amides is 4. The maximum atomic E-state index is 13.1. The molecule has 1 fully saturated rings. The molecule has 12 heteroatoms. The molecule has 2 aromatic carbocycles. The predicted octanol–water partition coefficient (Wildman–Crippen LogP) is 4.03. The summed E-state index contributed by atoms with van der Waals surface area (Å²) in [6.45, 7) is 1.72. The Morgan fingerprint density at radius 1 is 0.800 bits per heavy atom. The highest BCUT2D eigenvalue weighted by Gasteiger charge is 2.27. The molecule has 0 atom stereocenters. The number of aromatic nitrogens is 2. The Morgan fingerprint density at radius 3 is 2.22 bits per heavy atom. The Bertz CT molecular complexity index is 1450. The molecule has 2 aliphatic rings. The third-order valence-corrected chi connectivity index (χ3v) is 8.32. The van der Waals surface area contributed by atoms with E-state index in [2.05, 4.69) is 48.7 Å². The fraction of sp³-hybridized carbons (Fsp3) is 0.394. The van der Waals surface area contributed by atoms with Gasteiger partial charge in [0.05, 0.1) is 0 Å². The summed E-state index contributed by atoms with van der Waals surface area (Å²) in [6.07, 6.45) is 8.84. The fourth-order valence-electron chi connectivity index (χ4n) is 5.70. The highest BCUT2D eigenvalue weighted by Crippen LogP contribution is 2.22. The summed E-state index contributed by atoms with van der Waals surface area (Å²) in [5.74, 6) is -0.194. The van der Waals surface area contributed by atoms with Gasteiger partial charge in [-0.1, -0.05) is 48.9 Å². The molecule has 45 heavy (non-hydrogen) atoms. The van der Waals surface area contributed by atoms with E-state index in [0.29, 0.717) is 37.5 Å². The molecule has 11 nitrogen and oxygen atoms in total. The molecule has 2 heterocycles. The highest BCUT2D eigenvalue weighted by molar-refractivity contribution is 7.80. The van der Waals surface area contributed by atoms with Crippen molar-refractivity contribution >= 4 is 46.7 Å². The molecule has 5 N–H and O–H groups in total. The van der Waals surface area contributed by atoms with Gasteiger partial charge >= 0.3 is 6.03 Å². The SMILES string of the molecule is O=C(CCCCCNC(=S)Nc1ccccc1)NC1CCN(C(=O)Nc2nccnc2C(=O)NC2Cc3ccccc3C2)CC1. The minimum atomic E-state index is -0.364. The molecule has 1 saturated heterocycles. The third-order valence-electron chi connectivity index (χ3n) is 8.07. The quantitative estimate of drug-likeness (QED) is 0.158. The number of nitrogens with zero attached hydrogens (tertiary/aromatic N) is 3. The average Bonchev–Trinajstić information content (AvgIpc) is 3.46. The molecule has 1 aromatic heterocycles. The van der Waals surface area contributed by atoms with Crippen LogP contribution in [0, 0.1) is 0 Å². The van der Waals surface area contributed by atoms with Crippen molar-refractivity contribution in [3.8, 4) is 0 Å². The number of carbonyl (C=O) groups is 3. The van der Waals surface area contributed by atoms with Crippen LogP contribution in [-0.4, -0.2) is 69.5 Å². The van der Waals surface area contributed by atoms with Gasteiger partial charge in [-0.3, -0.25) is 14.9 Å². The zero-order valence-electron chi connectivity index (χ0n) is 25.3. The summed E-state index contributed by atoms with van der Waals surface area (Å²) in [5.41, 5.74) is 3.50. The number of benzene rings is 2. The molecule has 0 spiro atoms. The minimum Gasteiger partial charge on any atom is -0.362 e. The van der Waals surface area contributed by atoms with Crippen molar-refractivity contribution in [1.29, 1.82) is 0 Å². The molecule has 3 aromatic rings. The van der Waals surface area contributed by atoms with Gasteiger partial charge in [0.1, 0.15) is 0 Å². The number of hydrogen-bond donors (Lipinski definition) is 5. The minimum absolute atomic E-state index is 0.0260. The smallest absolute Gasteiger partial charge is 0.323 e. The summed E-state index contributed by atoms with van der Waals surface area (Å²) in [4.78, 5) is 48.7. The topological polar surface area (TPSA) is 140 Å². The molecule has 236 valence electrons. The van der Waals surface area contributed by atoms with Crippen LogP contribution in [-0.2, 0) is 17.6 Å². The fourth-order valence-corrected chi connectivity index (χ4v) is 5.92. The van der Waals surface area contributed by atoms with Crippen molar-refractivity contribution < 1.29 is 14.4 Å². The van der Waals surface area contributed by atoms with Gasteiger partial charge < -0.3 is 26.2 Å². The second kappa shape index (κ2) is 15.9. The number of rotatable bonds is 11. The molecular formula is C33H40N8O3S. The summed E-state index contributed by atoms with van der Waals surface area (Å²) in [6, 6.07) is 17.6. The first-order chi connectivity index (χ1) is 21.9. The van der Waals surface area contributed by atoms with Crippen LogP contribution in [0.2, 0.25) is 0 Å². The van der Waals surface area contributed by atoms with Crippen molar-refractivity contribution in [2.75, 3.05) is 30.3 Å². The molecule has 1 aliphatic heterocycles. The van der Waals surface area contributed by atoms with E-state index in [9.17, 15) is 14.4 Å². The van der Waals surface area contributed by atoms with Crippen LogP contribution >= 0.6 is 12.2 Å². The van der Waals surface area contributed by atoms with Crippen LogP contribution in [0.3, 0.4) is 0 Å². The number of urea groups is 1.